The third-order valence-corrected chi connectivity index (χ3v) is 2.89. The lowest BCUT2D eigenvalue weighted by Gasteiger charge is -2.09. The second kappa shape index (κ2) is 4.39. The molecule has 0 radical (unpaired) electrons. The van der Waals surface area contributed by atoms with Crippen LogP contribution in [0.15, 0.2) is 18.2 Å². The molecule has 0 unspecified atom stereocenters. The number of nitrogens with zero attached hydrogens (tertiary/aromatic N) is 1. The minimum atomic E-state index is -0.964. The third kappa shape index (κ3) is 2.14. The zero-order valence-electron chi connectivity index (χ0n) is 9.62. The predicted molar refractivity (Wildman–Crippen MR) is 67.7 cm³/mol. The third-order valence-electron chi connectivity index (χ3n) is 2.58. The summed E-state index contributed by atoms with van der Waals surface area (Å²) < 4.78 is 0. The number of aromatic amines is 1. The number of hydrogen-bond donors (Lipinski definition) is 2. The number of nitrogens with one attached hydrogen (secondary N) is 1. The second-order valence-corrected chi connectivity index (χ2v) is 4.59. The fourth-order valence-electron chi connectivity index (χ4n) is 1.90. The van der Waals surface area contributed by atoms with Gasteiger partial charge in [0.15, 0.2) is 0 Å². The Kier molecular flexibility index (Phi) is 3.09. The summed E-state index contributed by atoms with van der Waals surface area (Å²) in [5.74, 6) is -0.964. The van der Waals surface area contributed by atoms with Crippen LogP contribution >= 0.6 is 11.6 Å². The Bertz CT molecular complexity index is 575. The van der Waals surface area contributed by atoms with Gasteiger partial charge in [-0.3, -0.25) is 0 Å². The summed E-state index contributed by atoms with van der Waals surface area (Å²) in [6.45, 7) is 0.558. The van der Waals surface area contributed by atoms with E-state index in [4.69, 9.17) is 11.6 Å². The summed E-state index contributed by atoms with van der Waals surface area (Å²) in [7, 11) is 3.80. The highest BCUT2D eigenvalue weighted by molar-refractivity contribution is 6.35. The zero-order valence-corrected chi connectivity index (χ0v) is 10.4. The van der Waals surface area contributed by atoms with Gasteiger partial charge < -0.3 is 15.0 Å². The standard InChI is InChI=1S/C12H13ClN2O2/c1-15(2)6-8-7-4-3-5-9(13)10(7)14-11(8)12(16)17/h3-5,14H,6H2,1-2H3,(H,16,17). The van der Waals surface area contributed by atoms with Crippen LogP contribution in [0.25, 0.3) is 10.9 Å². The van der Waals surface area contributed by atoms with E-state index in [1.165, 1.54) is 0 Å². The van der Waals surface area contributed by atoms with Crippen molar-refractivity contribution >= 4 is 28.5 Å². The number of aromatic carboxylic acids is 1. The minimum absolute atomic E-state index is 0.210. The van der Waals surface area contributed by atoms with Crippen molar-refractivity contribution < 1.29 is 9.90 Å². The Labute approximate surface area is 104 Å². The first-order valence-electron chi connectivity index (χ1n) is 5.17. The normalized spacial score (nSPS) is 11.3. The number of carboxylic acids is 1. The topological polar surface area (TPSA) is 56.3 Å². The lowest BCUT2D eigenvalue weighted by atomic mass is 10.1. The van der Waals surface area contributed by atoms with Crippen LogP contribution in [-0.2, 0) is 6.54 Å². The second-order valence-electron chi connectivity index (χ2n) is 4.18. The Morgan fingerprint density at radius 3 is 2.76 bits per heavy atom. The van der Waals surface area contributed by atoms with Crippen LogP contribution in [0.4, 0.5) is 0 Å². The van der Waals surface area contributed by atoms with Gasteiger partial charge in [-0.05, 0) is 20.2 Å². The number of H-pyrrole nitrogens is 1. The van der Waals surface area contributed by atoms with Crippen molar-refractivity contribution in [2.24, 2.45) is 0 Å². The largest absolute Gasteiger partial charge is 0.477 e. The summed E-state index contributed by atoms with van der Waals surface area (Å²) in [6, 6.07) is 5.44. The summed E-state index contributed by atoms with van der Waals surface area (Å²) in [4.78, 5) is 16.0. The molecule has 2 N–H and O–H groups in total. The molecule has 90 valence electrons. The van der Waals surface area contributed by atoms with Crippen LogP contribution < -0.4 is 0 Å². The number of aromatic nitrogens is 1. The van der Waals surface area contributed by atoms with Crippen LogP contribution in [-0.4, -0.2) is 35.1 Å². The van der Waals surface area contributed by atoms with E-state index in [0.29, 0.717) is 17.1 Å². The number of benzene rings is 1. The van der Waals surface area contributed by atoms with E-state index in [2.05, 4.69) is 4.98 Å². The van der Waals surface area contributed by atoms with Gasteiger partial charge in [0, 0.05) is 17.5 Å². The van der Waals surface area contributed by atoms with Crippen molar-refractivity contribution in [3.63, 3.8) is 0 Å². The molecule has 1 aromatic heterocycles. The van der Waals surface area contributed by atoms with Gasteiger partial charge in [-0.25, -0.2) is 4.79 Å². The van der Waals surface area contributed by atoms with Crippen molar-refractivity contribution in [2.45, 2.75) is 6.54 Å². The van der Waals surface area contributed by atoms with Gasteiger partial charge >= 0.3 is 5.97 Å². The Morgan fingerprint density at radius 2 is 2.18 bits per heavy atom. The smallest absolute Gasteiger partial charge is 0.352 e. The van der Waals surface area contributed by atoms with Crippen molar-refractivity contribution in [1.82, 2.24) is 9.88 Å². The first-order valence-corrected chi connectivity index (χ1v) is 5.55. The van der Waals surface area contributed by atoms with Gasteiger partial charge in [0.05, 0.1) is 10.5 Å². The van der Waals surface area contributed by atoms with Crippen molar-refractivity contribution in [2.75, 3.05) is 14.1 Å². The minimum Gasteiger partial charge on any atom is -0.477 e. The molecule has 0 atom stereocenters. The molecule has 4 nitrogen and oxygen atoms in total. The lowest BCUT2D eigenvalue weighted by Crippen LogP contribution is -2.13. The van der Waals surface area contributed by atoms with E-state index < -0.39 is 5.97 Å². The highest BCUT2D eigenvalue weighted by Crippen LogP contribution is 2.28. The van der Waals surface area contributed by atoms with Gasteiger partial charge in [0.2, 0.25) is 0 Å². The van der Waals surface area contributed by atoms with E-state index in [1.54, 1.807) is 6.07 Å². The molecule has 0 spiro atoms. The summed E-state index contributed by atoms with van der Waals surface area (Å²) in [5, 5.41) is 10.6. The molecule has 0 fully saturated rings. The number of hydrogen-bond acceptors (Lipinski definition) is 2. The molecule has 2 aromatic rings. The van der Waals surface area contributed by atoms with E-state index in [0.717, 1.165) is 10.9 Å². The fraction of sp³-hybridized carbons (Fsp3) is 0.250. The quantitative estimate of drug-likeness (QED) is 0.883. The Morgan fingerprint density at radius 1 is 1.47 bits per heavy atom. The number of fused-ring (bicyclic) bond motifs is 1. The van der Waals surface area contributed by atoms with E-state index in [9.17, 15) is 9.90 Å². The molecule has 2 rings (SSSR count). The number of carboxylic acid groups (broad SMARTS) is 1. The first kappa shape index (κ1) is 12.0. The lowest BCUT2D eigenvalue weighted by molar-refractivity contribution is 0.0689. The fourth-order valence-corrected chi connectivity index (χ4v) is 2.12. The molecule has 0 saturated heterocycles. The van der Waals surface area contributed by atoms with Crippen LogP contribution in [0.3, 0.4) is 0 Å². The molecule has 0 aliphatic heterocycles. The van der Waals surface area contributed by atoms with Gasteiger partial charge in [-0.15, -0.1) is 0 Å². The summed E-state index contributed by atoms with van der Waals surface area (Å²) in [5.41, 5.74) is 1.66. The number of rotatable bonds is 3. The highest BCUT2D eigenvalue weighted by atomic mass is 35.5. The maximum Gasteiger partial charge on any atom is 0.352 e. The van der Waals surface area contributed by atoms with Crippen LogP contribution in [0.2, 0.25) is 5.02 Å². The van der Waals surface area contributed by atoms with Crippen LogP contribution in [0, 0.1) is 0 Å². The molecular formula is C12H13ClN2O2. The monoisotopic (exact) mass is 252 g/mol. The zero-order chi connectivity index (χ0) is 12.6. The maximum atomic E-state index is 11.2. The number of carbonyl (C=O) groups is 1. The van der Waals surface area contributed by atoms with E-state index >= 15 is 0 Å². The molecule has 0 bridgehead atoms. The van der Waals surface area contributed by atoms with Crippen molar-refractivity contribution in [3.05, 3.63) is 34.5 Å². The van der Waals surface area contributed by atoms with Crippen LogP contribution in [0.5, 0.6) is 0 Å². The SMILES string of the molecule is CN(C)Cc1c(C(=O)O)[nH]c2c(Cl)cccc12. The van der Waals surface area contributed by atoms with Crippen molar-refractivity contribution in [3.8, 4) is 0 Å². The van der Waals surface area contributed by atoms with E-state index in [-0.39, 0.29) is 5.69 Å². The molecule has 1 aromatic carbocycles. The van der Waals surface area contributed by atoms with Crippen molar-refractivity contribution in [1.29, 1.82) is 0 Å². The molecule has 0 aliphatic carbocycles. The summed E-state index contributed by atoms with van der Waals surface area (Å²) in [6.07, 6.45) is 0. The number of para-hydroxylation sites is 1. The molecule has 0 aliphatic rings. The molecular weight excluding hydrogens is 240 g/mol. The maximum absolute atomic E-state index is 11.2. The Hall–Kier alpha value is -1.52. The molecule has 1 heterocycles. The first-order chi connectivity index (χ1) is 8.00. The van der Waals surface area contributed by atoms with Gasteiger partial charge in [0.25, 0.3) is 0 Å². The number of halogens is 1. The molecule has 0 amide bonds. The van der Waals surface area contributed by atoms with Gasteiger partial charge in [-0.1, -0.05) is 23.7 Å². The van der Waals surface area contributed by atoms with E-state index in [1.807, 2.05) is 31.1 Å². The highest BCUT2D eigenvalue weighted by Gasteiger charge is 2.18. The Balaban J connectivity index is 2.71. The van der Waals surface area contributed by atoms with Gasteiger partial charge in [0.1, 0.15) is 5.69 Å². The molecule has 17 heavy (non-hydrogen) atoms. The average molecular weight is 253 g/mol. The molecule has 5 heteroatoms. The van der Waals surface area contributed by atoms with Crippen LogP contribution in [0.1, 0.15) is 16.1 Å². The molecule has 0 saturated carbocycles. The predicted octanol–water partition coefficient (Wildman–Crippen LogP) is 2.58. The van der Waals surface area contributed by atoms with Gasteiger partial charge in [-0.2, -0.15) is 0 Å². The average Bonchev–Trinajstić information content (AvgIpc) is 2.58. The summed E-state index contributed by atoms with van der Waals surface area (Å²) >= 11 is 6.05.